The van der Waals surface area contributed by atoms with Crippen LogP contribution in [0.4, 0.5) is 0 Å². The van der Waals surface area contributed by atoms with Crippen molar-refractivity contribution in [3.63, 3.8) is 0 Å². The van der Waals surface area contributed by atoms with Crippen LogP contribution in [0.5, 0.6) is 23.0 Å². The van der Waals surface area contributed by atoms with E-state index in [-0.39, 0.29) is 0 Å². The SMILES string of the molecule is COc1ccc(C2(c3ccc(OC)cc3)C=Cc3c(CO[Si](C)(C)C)c(OC)c4ccccc4c3O2)cc1. The predicted molar refractivity (Wildman–Crippen MR) is 155 cm³/mol. The van der Waals surface area contributed by atoms with E-state index in [1.54, 1.807) is 21.3 Å². The summed E-state index contributed by atoms with van der Waals surface area (Å²) < 4.78 is 30.4. The minimum atomic E-state index is -1.78. The monoisotopic (exact) mass is 526 g/mol. The first-order valence-electron chi connectivity index (χ1n) is 12.7. The molecule has 1 heterocycles. The molecule has 5 rings (SSSR count). The molecule has 0 amide bonds. The zero-order chi connectivity index (χ0) is 26.9. The summed E-state index contributed by atoms with van der Waals surface area (Å²) in [5.41, 5.74) is 3.10. The molecule has 4 aromatic rings. The second-order valence-corrected chi connectivity index (χ2v) is 14.8. The number of rotatable bonds is 8. The number of hydrogen-bond acceptors (Lipinski definition) is 5. The Morgan fingerprint density at radius 1 is 0.711 bits per heavy atom. The second-order valence-electron chi connectivity index (χ2n) is 10.3. The Bertz CT molecular complexity index is 1420. The van der Waals surface area contributed by atoms with E-state index in [2.05, 4.69) is 68.2 Å². The standard InChI is InChI=1S/C32H34O5Si/c1-33-24-15-11-22(12-16-24)32(23-13-17-25(34-2)18-14-23)20-19-28-29(21-36-38(4,5)6)30(35-3)26-9-7-8-10-27(26)31(28)37-32/h7-20H,21H2,1-6H3. The second kappa shape index (κ2) is 10.2. The fraction of sp³-hybridized carbons (Fsp3) is 0.250. The van der Waals surface area contributed by atoms with E-state index < -0.39 is 13.9 Å². The van der Waals surface area contributed by atoms with Crippen LogP contribution in [0.1, 0.15) is 22.3 Å². The van der Waals surface area contributed by atoms with Crippen LogP contribution in [0.15, 0.2) is 78.9 Å². The lowest BCUT2D eigenvalue weighted by atomic mass is 9.82. The van der Waals surface area contributed by atoms with Gasteiger partial charge in [-0.15, -0.1) is 0 Å². The van der Waals surface area contributed by atoms with Gasteiger partial charge >= 0.3 is 0 Å². The molecular weight excluding hydrogens is 492 g/mol. The average molecular weight is 527 g/mol. The van der Waals surface area contributed by atoms with Gasteiger partial charge in [-0.3, -0.25) is 0 Å². The maximum Gasteiger partial charge on any atom is 0.184 e. The Kier molecular flexibility index (Phi) is 6.95. The van der Waals surface area contributed by atoms with Gasteiger partial charge in [-0.25, -0.2) is 0 Å². The normalized spacial score (nSPS) is 14.1. The van der Waals surface area contributed by atoms with E-state index in [1.165, 1.54) is 0 Å². The largest absolute Gasteiger partial charge is 0.497 e. The number of methoxy groups -OCH3 is 3. The van der Waals surface area contributed by atoms with Gasteiger partial charge < -0.3 is 23.4 Å². The third kappa shape index (κ3) is 4.66. The molecule has 0 saturated carbocycles. The molecule has 0 aliphatic carbocycles. The Morgan fingerprint density at radius 3 is 1.76 bits per heavy atom. The highest BCUT2D eigenvalue weighted by Gasteiger charge is 2.39. The minimum Gasteiger partial charge on any atom is -0.497 e. The molecule has 0 aromatic heterocycles. The quantitative estimate of drug-likeness (QED) is 0.222. The lowest BCUT2D eigenvalue weighted by molar-refractivity contribution is 0.162. The highest BCUT2D eigenvalue weighted by atomic mass is 28.4. The van der Waals surface area contributed by atoms with Crippen LogP contribution in [0.25, 0.3) is 16.8 Å². The first-order chi connectivity index (χ1) is 18.3. The molecule has 196 valence electrons. The van der Waals surface area contributed by atoms with Crippen molar-refractivity contribution in [2.24, 2.45) is 0 Å². The topological polar surface area (TPSA) is 46.2 Å². The predicted octanol–water partition coefficient (Wildman–Crippen LogP) is 7.57. The molecule has 0 N–H and O–H groups in total. The van der Waals surface area contributed by atoms with Crippen molar-refractivity contribution < 1.29 is 23.4 Å². The van der Waals surface area contributed by atoms with Crippen LogP contribution in [0, 0.1) is 0 Å². The molecule has 0 spiro atoms. The summed E-state index contributed by atoms with van der Waals surface area (Å²) in [7, 11) is 3.28. The molecule has 0 radical (unpaired) electrons. The summed E-state index contributed by atoms with van der Waals surface area (Å²) in [4.78, 5) is 0. The molecule has 0 fully saturated rings. The first kappa shape index (κ1) is 25.9. The molecule has 1 aliphatic rings. The molecular formula is C32H34O5Si. The molecule has 4 aromatic carbocycles. The van der Waals surface area contributed by atoms with Crippen LogP contribution >= 0.6 is 0 Å². The zero-order valence-electron chi connectivity index (χ0n) is 22.8. The van der Waals surface area contributed by atoms with Crippen molar-refractivity contribution in [1.29, 1.82) is 0 Å². The molecule has 0 unspecified atom stereocenters. The molecule has 1 aliphatic heterocycles. The Labute approximate surface area is 225 Å². The van der Waals surface area contributed by atoms with Crippen molar-refractivity contribution in [3.8, 4) is 23.0 Å². The number of hydrogen-bond donors (Lipinski definition) is 0. The van der Waals surface area contributed by atoms with Gasteiger partial charge in [-0.1, -0.05) is 54.6 Å². The van der Waals surface area contributed by atoms with Crippen LogP contribution in [0.2, 0.25) is 19.6 Å². The van der Waals surface area contributed by atoms with Crippen molar-refractivity contribution in [3.05, 3.63) is 101 Å². The maximum absolute atomic E-state index is 7.16. The molecule has 0 saturated heterocycles. The first-order valence-corrected chi connectivity index (χ1v) is 16.1. The summed E-state index contributed by atoms with van der Waals surface area (Å²) in [6, 6.07) is 24.3. The Hall–Kier alpha value is -3.74. The number of ether oxygens (including phenoxy) is 4. The van der Waals surface area contributed by atoms with E-state index in [0.29, 0.717) is 6.61 Å². The summed E-state index contributed by atoms with van der Waals surface area (Å²) in [5, 5.41) is 1.99. The Balaban J connectivity index is 1.75. The third-order valence-electron chi connectivity index (χ3n) is 6.90. The highest BCUT2D eigenvalue weighted by Crippen LogP contribution is 2.49. The molecule has 0 bridgehead atoms. The van der Waals surface area contributed by atoms with Gasteiger partial charge in [-0.05, 0) is 50.0 Å². The van der Waals surface area contributed by atoms with Gasteiger partial charge in [0.05, 0.1) is 27.9 Å². The third-order valence-corrected chi connectivity index (χ3v) is 7.91. The van der Waals surface area contributed by atoms with Crippen LogP contribution in [-0.4, -0.2) is 29.6 Å². The smallest absolute Gasteiger partial charge is 0.184 e. The zero-order valence-corrected chi connectivity index (χ0v) is 23.8. The van der Waals surface area contributed by atoms with Crippen LogP contribution in [0.3, 0.4) is 0 Å². The van der Waals surface area contributed by atoms with Crippen LogP contribution in [-0.2, 0) is 16.6 Å². The molecule has 6 heteroatoms. The van der Waals surface area contributed by atoms with E-state index >= 15 is 0 Å². The molecule has 5 nitrogen and oxygen atoms in total. The Morgan fingerprint density at radius 2 is 1.26 bits per heavy atom. The van der Waals surface area contributed by atoms with Crippen molar-refractivity contribution >= 4 is 25.2 Å². The summed E-state index contributed by atoms with van der Waals surface area (Å²) in [6.07, 6.45) is 4.29. The van der Waals surface area contributed by atoms with Gasteiger partial charge in [-0.2, -0.15) is 0 Å². The van der Waals surface area contributed by atoms with Crippen LogP contribution < -0.4 is 18.9 Å². The van der Waals surface area contributed by atoms with E-state index in [1.807, 2.05) is 36.4 Å². The summed E-state index contributed by atoms with van der Waals surface area (Å²) in [5.74, 6) is 3.22. The van der Waals surface area contributed by atoms with Crippen molar-refractivity contribution in [1.82, 2.24) is 0 Å². The average Bonchev–Trinajstić information content (AvgIpc) is 2.95. The van der Waals surface area contributed by atoms with Gasteiger partial charge in [0.2, 0.25) is 0 Å². The van der Waals surface area contributed by atoms with Gasteiger partial charge in [0.25, 0.3) is 0 Å². The summed E-state index contributed by atoms with van der Waals surface area (Å²) >= 11 is 0. The van der Waals surface area contributed by atoms with Gasteiger partial charge in [0.15, 0.2) is 13.9 Å². The number of benzene rings is 4. The van der Waals surface area contributed by atoms with Crippen molar-refractivity contribution in [2.75, 3.05) is 21.3 Å². The van der Waals surface area contributed by atoms with Gasteiger partial charge in [0.1, 0.15) is 23.0 Å². The van der Waals surface area contributed by atoms with E-state index in [9.17, 15) is 0 Å². The van der Waals surface area contributed by atoms with E-state index in [0.717, 1.165) is 56.0 Å². The maximum atomic E-state index is 7.16. The molecule has 38 heavy (non-hydrogen) atoms. The lowest BCUT2D eigenvalue weighted by Crippen LogP contribution is -2.34. The minimum absolute atomic E-state index is 0.456. The van der Waals surface area contributed by atoms with Crippen molar-refractivity contribution in [2.45, 2.75) is 31.8 Å². The lowest BCUT2D eigenvalue weighted by Gasteiger charge is -2.37. The van der Waals surface area contributed by atoms with Gasteiger partial charge in [0, 0.05) is 33.0 Å². The molecule has 0 atom stereocenters. The summed E-state index contributed by atoms with van der Waals surface area (Å²) in [6.45, 7) is 7.03. The highest BCUT2D eigenvalue weighted by molar-refractivity contribution is 6.69. The fourth-order valence-electron chi connectivity index (χ4n) is 4.95. The number of fused-ring (bicyclic) bond motifs is 3. The van der Waals surface area contributed by atoms with E-state index in [4.69, 9.17) is 23.4 Å². The fourth-order valence-corrected chi connectivity index (χ4v) is 5.52.